The topological polar surface area (TPSA) is 0 Å². The monoisotopic (exact) mass is 312 g/mol. The zero-order chi connectivity index (χ0) is 11.3. The number of aryl methyl sites for hydroxylation is 1. The molecule has 80 valence electrons. The molecule has 0 radical (unpaired) electrons. The van der Waals surface area contributed by atoms with Gasteiger partial charge in [0.1, 0.15) is 0 Å². The molecular formula is C14H17I. The third kappa shape index (κ3) is 3.82. The van der Waals surface area contributed by atoms with Crippen molar-refractivity contribution in [2.45, 2.75) is 26.7 Å². The highest BCUT2D eigenvalue weighted by Gasteiger charge is 1.98. The first-order valence-electron chi connectivity index (χ1n) is 5.26. The summed E-state index contributed by atoms with van der Waals surface area (Å²) in [4.78, 5) is 0. The SMILES string of the molecule is C=Cc1cc(CCC)ccc1/C=C(\C)I. The van der Waals surface area contributed by atoms with Gasteiger partial charge in [0.25, 0.3) is 0 Å². The van der Waals surface area contributed by atoms with Gasteiger partial charge in [0, 0.05) is 0 Å². The molecule has 0 bridgehead atoms. The van der Waals surface area contributed by atoms with Gasteiger partial charge in [-0.2, -0.15) is 0 Å². The lowest BCUT2D eigenvalue weighted by molar-refractivity contribution is 0.921. The van der Waals surface area contributed by atoms with Gasteiger partial charge in [0.15, 0.2) is 0 Å². The van der Waals surface area contributed by atoms with Crippen LogP contribution < -0.4 is 0 Å². The Kier molecular flexibility index (Phi) is 5.09. The van der Waals surface area contributed by atoms with E-state index in [0.717, 1.165) is 6.42 Å². The molecule has 1 aromatic rings. The Hall–Kier alpha value is -0.570. The van der Waals surface area contributed by atoms with Gasteiger partial charge in [-0.05, 0) is 62.3 Å². The summed E-state index contributed by atoms with van der Waals surface area (Å²) in [6.45, 7) is 8.18. The second-order valence-electron chi connectivity index (χ2n) is 3.65. The number of hydrogen-bond donors (Lipinski definition) is 0. The van der Waals surface area contributed by atoms with Crippen LogP contribution in [0.1, 0.15) is 37.0 Å². The predicted octanol–water partition coefficient (Wildman–Crippen LogP) is 5.08. The lowest BCUT2D eigenvalue weighted by Gasteiger charge is -2.05. The fraction of sp³-hybridized carbons (Fsp3) is 0.286. The van der Waals surface area contributed by atoms with Crippen molar-refractivity contribution in [3.63, 3.8) is 0 Å². The van der Waals surface area contributed by atoms with E-state index in [-0.39, 0.29) is 0 Å². The van der Waals surface area contributed by atoms with Crippen molar-refractivity contribution in [1.29, 1.82) is 0 Å². The molecule has 15 heavy (non-hydrogen) atoms. The number of rotatable bonds is 4. The van der Waals surface area contributed by atoms with Crippen LogP contribution in [0.15, 0.2) is 28.4 Å². The van der Waals surface area contributed by atoms with Gasteiger partial charge in [0.2, 0.25) is 0 Å². The molecule has 0 saturated heterocycles. The summed E-state index contributed by atoms with van der Waals surface area (Å²) in [5, 5.41) is 0. The maximum atomic E-state index is 3.87. The first-order valence-corrected chi connectivity index (χ1v) is 6.34. The third-order valence-electron chi connectivity index (χ3n) is 2.26. The Morgan fingerprint density at radius 1 is 1.40 bits per heavy atom. The van der Waals surface area contributed by atoms with Crippen LogP contribution in [0.5, 0.6) is 0 Å². The highest BCUT2D eigenvalue weighted by atomic mass is 127. The minimum atomic E-state index is 1.15. The Bertz CT molecular complexity index is 371. The van der Waals surface area contributed by atoms with E-state index in [9.17, 15) is 0 Å². The molecule has 0 N–H and O–H groups in total. The highest BCUT2D eigenvalue weighted by molar-refractivity contribution is 14.1. The summed E-state index contributed by atoms with van der Waals surface area (Å²) >= 11 is 2.33. The van der Waals surface area contributed by atoms with Crippen molar-refractivity contribution < 1.29 is 0 Å². The summed E-state index contributed by atoms with van der Waals surface area (Å²) in [6, 6.07) is 6.63. The highest BCUT2D eigenvalue weighted by Crippen LogP contribution is 2.19. The second-order valence-corrected chi connectivity index (χ2v) is 5.35. The van der Waals surface area contributed by atoms with Crippen LogP contribution in [0.25, 0.3) is 12.2 Å². The van der Waals surface area contributed by atoms with E-state index in [2.05, 4.69) is 67.3 Å². The summed E-state index contributed by atoms with van der Waals surface area (Å²) in [6.07, 6.45) is 6.46. The lowest BCUT2D eigenvalue weighted by atomic mass is 10.0. The van der Waals surface area contributed by atoms with Crippen molar-refractivity contribution in [2.75, 3.05) is 0 Å². The zero-order valence-electron chi connectivity index (χ0n) is 9.39. The number of benzene rings is 1. The Morgan fingerprint density at radius 2 is 2.13 bits per heavy atom. The molecule has 0 heterocycles. The van der Waals surface area contributed by atoms with Gasteiger partial charge in [-0.1, -0.05) is 44.2 Å². The maximum absolute atomic E-state index is 3.87. The molecule has 0 aliphatic heterocycles. The molecule has 0 aromatic heterocycles. The van der Waals surface area contributed by atoms with E-state index in [1.165, 1.54) is 26.7 Å². The van der Waals surface area contributed by atoms with Crippen molar-refractivity contribution in [2.24, 2.45) is 0 Å². The minimum absolute atomic E-state index is 1.15. The molecule has 0 unspecified atom stereocenters. The normalized spacial score (nSPS) is 11.5. The molecule has 0 spiro atoms. The van der Waals surface area contributed by atoms with Gasteiger partial charge < -0.3 is 0 Å². The number of halogens is 1. The molecular weight excluding hydrogens is 295 g/mol. The molecule has 1 aromatic carbocycles. The molecule has 1 rings (SSSR count). The van der Waals surface area contributed by atoms with E-state index in [1.807, 2.05) is 6.08 Å². The van der Waals surface area contributed by atoms with E-state index < -0.39 is 0 Å². The van der Waals surface area contributed by atoms with Crippen LogP contribution in [0.3, 0.4) is 0 Å². The molecule has 0 saturated carbocycles. The van der Waals surface area contributed by atoms with E-state index in [4.69, 9.17) is 0 Å². The summed E-state index contributed by atoms with van der Waals surface area (Å²) in [5.41, 5.74) is 3.89. The van der Waals surface area contributed by atoms with Crippen molar-refractivity contribution in [3.8, 4) is 0 Å². The Labute approximate surface area is 106 Å². The van der Waals surface area contributed by atoms with Crippen LogP contribution in [-0.4, -0.2) is 0 Å². The molecule has 0 aliphatic rings. The van der Waals surface area contributed by atoms with Crippen LogP contribution in [0.2, 0.25) is 0 Å². The van der Waals surface area contributed by atoms with Crippen LogP contribution >= 0.6 is 22.6 Å². The van der Waals surface area contributed by atoms with Crippen molar-refractivity contribution in [3.05, 3.63) is 45.0 Å². The van der Waals surface area contributed by atoms with Crippen molar-refractivity contribution in [1.82, 2.24) is 0 Å². The second kappa shape index (κ2) is 6.11. The molecule has 1 heteroatoms. The predicted molar refractivity (Wildman–Crippen MR) is 78.2 cm³/mol. The number of allylic oxidation sites excluding steroid dienone is 1. The minimum Gasteiger partial charge on any atom is -0.0984 e. The largest absolute Gasteiger partial charge is 0.0984 e. The average Bonchev–Trinajstić information content (AvgIpc) is 2.20. The lowest BCUT2D eigenvalue weighted by Crippen LogP contribution is -1.87. The average molecular weight is 312 g/mol. The first-order chi connectivity index (χ1) is 7.17. The van der Waals surface area contributed by atoms with Crippen molar-refractivity contribution >= 4 is 34.7 Å². The molecule has 0 amide bonds. The Balaban J connectivity index is 3.09. The number of hydrogen-bond acceptors (Lipinski definition) is 0. The van der Waals surface area contributed by atoms with Crippen LogP contribution in [0, 0.1) is 0 Å². The standard InChI is InChI=1S/C14H17I/c1-4-6-12-7-8-14(9-11(3)15)13(5-2)10-12/h5,7-10H,2,4,6H2,1,3H3/b11-9+. The molecule has 0 aliphatic carbocycles. The van der Waals surface area contributed by atoms with E-state index >= 15 is 0 Å². The van der Waals surface area contributed by atoms with Crippen LogP contribution in [0.4, 0.5) is 0 Å². The van der Waals surface area contributed by atoms with Gasteiger partial charge in [-0.3, -0.25) is 0 Å². The molecule has 0 atom stereocenters. The zero-order valence-corrected chi connectivity index (χ0v) is 11.5. The summed E-state index contributed by atoms with van der Waals surface area (Å²) < 4.78 is 1.29. The molecule has 0 fully saturated rings. The molecule has 0 nitrogen and oxygen atoms in total. The van der Waals surface area contributed by atoms with Gasteiger partial charge in [0.05, 0.1) is 0 Å². The smallest absolute Gasteiger partial charge is 0.0119 e. The van der Waals surface area contributed by atoms with E-state index in [0.29, 0.717) is 0 Å². The summed E-state index contributed by atoms with van der Waals surface area (Å²) in [5.74, 6) is 0. The fourth-order valence-electron chi connectivity index (χ4n) is 1.59. The first kappa shape index (κ1) is 12.5. The fourth-order valence-corrected chi connectivity index (χ4v) is 1.93. The van der Waals surface area contributed by atoms with E-state index in [1.54, 1.807) is 0 Å². The quantitative estimate of drug-likeness (QED) is 0.680. The third-order valence-corrected chi connectivity index (χ3v) is 2.58. The maximum Gasteiger partial charge on any atom is -0.0119 e. The van der Waals surface area contributed by atoms with Crippen LogP contribution in [-0.2, 0) is 6.42 Å². The van der Waals surface area contributed by atoms with Gasteiger partial charge >= 0.3 is 0 Å². The Morgan fingerprint density at radius 3 is 2.67 bits per heavy atom. The van der Waals surface area contributed by atoms with Gasteiger partial charge in [-0.15, -0.1) is 0 Å². The summed E-state index contributed by atoms with van der Waals surface area (Å²) in [7, 11) is 0. The van der Waals surface area contributed by atoms with Gasteiger partial charge in [-0.25, -0.2) is 0 Å².